The number of alkyl carbamates (subject to hydrolysis) is 2. The summed E-state index contributed by atoms with van der Waals surface area (Å²) in [7, 11) is 1.15. The van der Waals surface area contributed by atoms with Gasteiger partial charge in [0.15, 0.2) is 0 Å². The van der Waals surface area contributed by atoms with Crippen LogP contribution in [0.2, 0.25) is 0 Å². The first-order valence-corrected chi connectivity index (χ1v) is 16.7. The second-order valence-corrected chi connectivity index (χ2v) is 13.4. The normalized spacial score (nSPS) is 18.2. The van der Waals surface area contributed by atoms with Gasteiger partial charge in [-0.05, 0) is 74.7 Å². The average molecular weight is 708 g/mol. The van der Waals surface area contributed by atoms with E-state index >= 15 is 0 Å². The van der Waals surface area contributed by atoms with Crippen LogP contribution >= 0.6 is 0 Å². The quantitative estimate of drug-likeness (QED) is 0.0596. The van der Waals surface area contributed by atoms with E-state index in [9.17, 15) is 29.1 Å². The second-order valence-electron chi connectivity index (χ2n) is 13.4. The number of carbonyl (C=O) groups is 5. The van der Waals surface area contributed by atoms with Crippen molar-refractivity contribution in [1.82, 2.24) is 20.9 Å². The summed E-state index contributed by atoms with van der Waals surface area (Å²) in [4.78, 5) is 69.1. The maximum atomic E-state index is 13.7. The lowest BCUT2D eigenvalue weighted by molar-refractivity contribution is -0.153. The number of methoxy groups -OCH3 is 1. The van der Waals surface area contributed by atoms with Crippen LogP contribution in [0.1, 0.15) is 64.0 Å². The molecule has 0 unspecified atom stereocenters. The number of azide groups is 1. The third kappa shape index (κ3) is 9.89. The van der Waals surface area contributed by atoms with E-state index in [0.717, 1.165) is 34.3 Å². The van der Waals surface area contributed by atoms with Crippen LogP contribution in [0.5, 0.6) is 0 Å². The second kappa shape index (κ2) is 17.1. The minimum Gasteiger partial charge on any atom is -0.467 e. The maximum absolute atomic E-state index is 13.7. The Morgan fingerprint density at radius 3 is 2.22 bits per heavy atom. The summed E-state index contributed by atoms with van der Waals surface area (Å²) < 4.78 is 15.7. The van der Waals surface area contributed by atoms with E-state index in [-0.39, 0.29) is 44.9 Å². The van der Waals surface area contributed by atoms with Crippen molar-refractivity contribution in [3.63, 3.8) is 0 Å². The Morgan fingerprint density at radius 2 is 1.65 bits per heavy atom. The lowest BCUT2D eigenvalue weighted by Crippen LogP contribution is -2.59. The number of fused-ring (bicyclic) bond motifs is 3. The molecule has 274 valence electrons. The number of hydrogen-bond acceptors (Lipinski definition) is 10. The van der Waals surface area contributed by atoms with Gasteiger partial charge in [-0.2, -0.15) is 0 Å². The largest absolute Gasteiger partial charge is 0.467 e. The summed E-state index contributed by atoms with van der Waals surface area (Å²) in [5.41, 5.74) is 12.3. The Morgan fingerprint density at radius 1 is 1.02 bits per heavy atom. The molecule has 4 rings (SSSR count). The summed E-state index contributed by atoms with van der Waals surface area (Å²) in [5.74, 6) is -2.61. The molecule has 2 aromatic carbocycles. The molecule has 16 nitrogen and oxygen atoms in total. The topological polar surface area (TPSA) is 221 Å². The van der Waals surface area contributed by atoms with E-state index in [1.807, 2.05) is 48.5 Å². The van der Waals surface area contributed by atoms with Gasteiger partial charge in [-0.1, -0.05) is 53.6 Å². The van der Waals surface area contributed by atoms with Gasteiger partial charge in [0.25, 0.3) is 0 Å². The van der Waals surface area contributed by atoms with Gasteiger partial charge in [-0.3, -0.25) is 9.59 Å². The molecule has 1 saturated heterocycles. The van der Waals surface area contributed by atoms with E-state index in [2.05, 4.69) is 26.0 Å². The maximum Gasteiger partial charge on any atom is 0.407 e. The van der Waals surface area contributed by atoms with Crippen LogP contribution in [0.15, 0.2) is 53.6 Å². The fraction of sp³-hybridized carbons (Fsp3) is 0.514. The van der Waals surface area contributed by atoms with Gasteiger partial charge in [0.05, 0.1) is 19.3 Å². The Kier molecular flexibility index (Phi) is 12.9. The number of hydrogen-bond donors (Lipinski definition) is 4. The van der Waals surface area contributed by atoms with Gasteiger partial charge in [0, 0.05) is 23.9 Å². The Hall–Kier alpha value is -5.34. The van der Waals surface area contributed by atoms with Crippen molar-refractivity contribution in [3.8, 4) is 11.1 Å². The predicted octanol–water partition coefficient (Wildman–Crippen LogP) is 3.52. The number of benzene rings is 2. The Balaban J connectivity index is 1.47. The van der Waals surface area contributed by atoms with E-state index < -0.39 is 65.8 Å². The van der Waals surface area contributed by atoms with Crippen molar-refractivity contribution in [2.45, 2.75) is 88.7 Å². The van der Waals surface area contributed by atoms with Crippen molar-refractivity contribution >= 4 is 30.0 Å². The molecule has 1 aliphatic carbocycles. The molecule has 1 aliphatic heterocycles. The lowest BCUT2D eigenvalue weighted by Gasteiger charge is -2.30. The predicted molar refractivity (Wildman–Crippen MR) is 184 cm³/mol. The van der Waals surface area contributed by atoms with Crippen LogP contribution in [0, 0.1) is 0 Å². The van der Waals surface area contributed by atoms with Crippen LogP contribution in [0.3, 0.4) is 0 Å². The molecule has 16 heteroatoms. The standard InChI is InChI=1S/C35H45N7O9/c1-20(43)29(31(45)42-18-21(40-41-36)17-28(42)32(46)49-5)39-30(44)27(15-10-16-37-33(47)51-35(2,3)4)38-34(48)50-19-26-24-13-8-6-11-22(24)23-12-7-9-14-25(23)26/h6-9,11-14,20-21,26-29,43H,10,15-19H2,1-5H3,(H,37,47)(H,38,48)(H,39,44)/t20-,21+,27-,28+,29+/m1/s1. The van der Waals surface area contributed by atoms with Crippen molar-refractivity contribution in [2.75, 3.05) is 26.8 Å². The first-order chi connectivity index (χ1) is 24.2. The highest BCUT2D eigenvalue weighted by atomic mass is 16.6. The molecule has 0 saturated carbocycles. The highest BCUT2D eigenvalue weighted by Crippen LogP contribution is 2.44. The molecule has 0 aromatic heterocycles. The van der Waals surface area contributed by atoms with Crippen LogP contribution in [0.25, 0.3) is 21.6 Å². The smallest absolute Gasteiger partial charge is 0.407 e. The molecule has 4 amide bonds. The van der Waals surface area contributed by atoms with E-state index in [1.165, 1.54) is 6.92 Å². The monoisotopic (exact) mass is 707 g/mol. The molecule has 1 fully saturated rings. The van der Waals surface area contributed by atoms with Crippen molar-refractivity contribution < 1.29 is 43.3 Å². The number of nitrogens with one attached hydrogen (secondary N) is 3. The Bertz CT molecular complexity index is 1610. The van der Waals surface area contributed by atoms with Gasteiger partial charge >= 0.3 is 18.2 Å². The summed E-state index contributed by atoms with van der Waals surface area (Å²) in [6.45, 7) is 6.39. The van der Waals surface area contributed by atoms with Crippen molar-refractivity contribution in [2.24, 2.45) is 5.11 Å². The van der Waals surface area contributed by atoms with E-state index in [0.29, 0.717) is 0 Å². The fourth-order valence-corrected chi connectivity index (χ4v) is 6.26. The zero-order valence-electron chi connectivity index (χ0n) is 29.3. The van der Waals surface area contributed by atoms with Crippen LogP contribution in [-0.2, 0) is 28.6 Å². The molecule has 51 heavy (non-hydrogen) atoms. The molecular weight excluding hydrogens is 662 g/mol. The number of rotatable bonds is 13. The van der Waals surface area contributed by atoms with Crippen LogP contribution in [0.4, 0.5) is 9.59 Å². The van der Waals surface area contributed by atoms with E-state index in [1.54, 1.807) is 20.8 Å². The van der Waals surface area contributed by atoms with Gasteiger partial charge < -0.3 is 40.2 Å². The molecule has 4 N–H and O–H groups in total. The summed E-state index contributed by atoms with van der Waals surface area (Å²) in [6, 6.07) is 11.0. The number of esters is 1. The molecule has 0 bridgehead atoms. The highest BCUT2D eigenvalue weighted by Gasteiger charge is 2.44. The van der Waals surface area contributed by atoms with Crippen molar-refractivity contribution in [3.05, 3.63) is 70.1 Å². The molecule has 2 aromatic rings. The number of aliphatic hydroxyl groups excluding tert-OH is 1. The van der Waals surface area contributed by atoms with Crippen molar-refractivity contribution in [1.29, 1.82) is 0 Å². The summed E-state index contributed by atoms with van der Waals surface area (Å²) in [5, 5.41) is 21.9. The first-order valence-electron chi connectivity index (χ1n) is 16.7. The molecule has 0 radical (unpaired) electrons. The highest BCUT2D eigenvalue weighted by molar-refractivity contribution is 5.94. The number of likely N-dealkylation sites (tertiary alicyclic amines) is 1. The van der Waals surface area contributed by atoms with E-state index in [4.69, 9.17) is 19.7 Å². The summed E-state index contributed by atoms with van der Waals surface area (Å²) >= 11 is 0. The number of amides is 4. The number of aliphatic hydroxyl groups is 1. The van der Waals surface area contributed by atoms with Gasteiger partial charge in [-0.25, -0.2) is 14.4 Å². The molecule has 2 aliphatic rings. The lowest BCUT2D eigenvalue weighted by atomic mass is 9.98. The molecule has 5 atom stereocenters. The first kappa shape index (κ1) is 38.5. The zero-order valence-corrected chi connectivity index (χ0v) is 29.3. The van der Waals surface area contributed by atoms with Gasteiger partial charge in [0.1, 0.15) is 30.3 Å². The minimum absolute atomic E-state index is 0.00000468. The summed E-state index contributed by atoms with van der Waals surface area (Å²) in [6.07, 6.45) is -2.77. The third-order valence-corrected chi connectivity index (χ3v) is 8.59. The molecule has 0 spiro atoms. The molecular formula is C35H45N7O9. The van der Waals surface area contributed by atoms with Crippen LogP contribution in [-0.4, -0.2) is 103 Å². The molecule has 1 heterocycles. The van der Waals surface area contributed by atoms with Gasteiger partial charge in [-0.15, -0.1) is 0 Å². The Labute approximate surface area is 295 Å². The minimum atomic E-state index is -1.54. The number of ether oxygens (including phenoxy) is 3. The fourth-order valence-electron chi connectivity index (χ4n) is 6.26. The zero-order chi connectivity index (χ0) is 37.3. The van der Waals surface area contributed by atoms with Gasteiger partial charge in [0.2, 0.25) is 11.8 Å². The number of nitrogens with zero attached hydrogens (tertiary/aromatic N) is 4. The number of carbonyl (C=O) groups excluding carboxylic acids is 5. The van der Waals surface area contributed by atoms with Crippen LogP contribution < -0.4 is 16.0 Å². The third-order valence-electron chi connectivity index (χ3n) is 8.59. The SMILES string of the molecule is COC(=O)[C@@H]1C[C@H](N=[N+]=[N-])CN1C(=O)[C@@H](NC(=O)[C@@H](CCCNC(=O)OC(C)(C)C)NC(=O)OCC1c2ccccc2-c2ccccc21)[C@@H](C)O. The average Bonchev–Trinajstić information content (AvgIpc) is 3.65.